The van der Waals surface area contributed by atoms with E-state index in [0.29, 0.717) is 6.61 Å². The highest BCUT2D eigenvalue weighted by molar-refractivity contribution is 5.83. The van der Waals surface area contributed by atoms with Crippen molar-refractivity contribution in [3.63, 3.8) is 0 Å². The van der Waals surface area contributed by atoms with Crippen molar-refractivity contribution >= 4 is 5.97 Å². The van der Waals surface area contributed by atoms with Gasteiger partial charge in [-0.1, -0.05) is 80.4 Å². The minimum absolute atomic E-state index is 0.0828. The molecule has 0 aliphatic heterocycles. The van der Waals surface area contributed by atoms with Gasteiger partial charge in [0, 0.05) is 0 Å². The fraction of sp³-hybridized carbons (Fsp3) is 0.409. The van der Waals surface area contributed by atoms with Crippen LogP contribution in [0, 0.1) is 0 Å². The minimum Gasteiger partial charge on any atom is -0.465 e. The van der Waals surface area contributed by atoms with E-state index in [0.717, 1.165) is 37.7 Å². The van der Waals surface area contributed by atoms with Crippen LogP contribution in [-0.2, 0) is 21.4 Å². The Bertz CT molecular complexity index is 606. The van der Waals surface area contributed by atoms with Crippen LogP contribution in [-0.4, -0.2) is 12.6 Å². The maximum atomic E-state index is 13.0. The Balaban J connectivity index is 2.34. The van der Waals surface area contributed by atoms with Gasteiger partial charge < -0.3 is 4.74 Å². The second kappa shape index (κ2) is 9.27. The van der Waals surface area contributed by atoms with E-state index in [1.807, 2.05) is 31.2 Å². The normalized spacial score (nSPS) is 13.2. The number of esters is 1. The predicted molar refractivity (Wildman–Crippen MR) is 99.0 cm³/mol. The molecule has 0 bridgehead atoms. The molecular weight excluding hydrogens is 296 g/mol. The topological polar surface area (TPSA) is 26.3 Å². The van der Waals surface area contributed by atoms with Crippen LogP contribution >= 0.6 is 0 Å². The molecule has 0 amide bonds. The summed E-state index contributed by atoms with van der Waals surface area (Å²) in [6, 6.07) is 20.5. The molecule has 2 aromatic carbocycles. The van der Waals surface area contributed by atoms with E-state index in [1.165, 1.54) is 5.56 Å². The molecule has 0 radical (unpaired) electrons. The lowest BCUT2D eigenvalue weighted by molar-refractivity contribution is -0.151. The van der Waals surface area contributed by atoms with Crippen molar-refractivity contribution in [1.29, 1.82) is 0 Å². The smallest absolute Gasteiger partial charge is 0.316 e. The van der Waals surface area contributed by atoms with Gasteiger partial charge in [0.05, 0.1) is 12.0 Å². The average Bonchev–Trinajstić information content (AvgIpc) is 2.64. The molecule has 0 saturated carbocycles. The fourth-order valence-electron chi connectivity index (χ4n) is 3.24. The number of rotatable bonds is 9. The molecule has 24 heavy (non-hydrogen) atoms. The molecular formula is C22H28O2. The molecule has 0 N–H and O–H groups in total. The predicted octanol–water partition coefficient (Wildman–Crippen LogP) is 5.31. The van der Waals surface area contributed by atoms with Crippen molar-refractivity contribution < 1.29 is 9.53 Å². The van der Waals surface area contributed by atoms with Crippen LogP contribution in [0.3, 0.4) is 0 Å². The lowest BCUT2D eigenvalue weighted by Gasteiger charge is -2.32. The van der Waals surface area contributed by atoms with Crippen LogP contribution in [0.15, 0.2) is 60.7 Å². The third kappa shape index (κ3) is 4.47. The van der Waals surface area contributed by atoms with Crippen LogP contribution in [0.4, 0.5) is 0 Å². The molecule has 0 heterocycles. The Morgan fingerprint density at radius 2 is 1.54 bits per heavy atom. The third-order valence-electron chi connectivity index (χ3n) is 4.63. The number of benzene rings is 2. The quantitative estimate of drug-likeness (QED) is 0.584. The standard InChI is InChI=1S/C22H28O2/c1-3-5-17-22(21(23)24-4-2,20-14-10-7-11-15-20)18-16-19-12-8-6-9-13-19/h6-15H,3-5,16-18H2,1-2H3/t22-/m1/s1. The largest absolute Gasteiger partial charge is 0.465 e. The fourth-order valence-corrected chi connectivity index (χ4v) is 3.24. The number of unbranched alkanes of at least 4 members (excludes halogenated alkanes) is 1. The number of hydrogen-bond donors (Lipinski definition) is 0. The van der Waals surface area contributed by atoms with Gasteiger partial charge >= 0.3 is 5.97 Å². The zero-order valence-corrected chi connectivity index (χ0v) is 14.8. The molecule has 1 atom stereocenters. The molecule has 128 valence electrons. The average molecular weight is 324 g/mol. The number of ether oxygens (including phenoxy) is 1. The first-order valence-electron chi connectivity index (χ1n) is 8.99. The summed E-state index contributed by atoms with van der Waals surface area (Å²) in [5, 5.41) is 0. The number of carbonyl (C=O) groups is 1. The molecule has 2 aromatic rings. The highest BCUT2D eigenvalue weighted by atomic mass is 16.5. The van der Waals surface area contributed by atoms with E-state index in [-0.39, 0.29) is 5.97 Å². The second-order valence-electron chi connectivity index (χ2n) is 6.26. The Labute approximate surface area is 145 Å². The highest BCUT2D eigenvalue weighted by Crippen LogP contribution is 2.36. The molecule has 0 aromatic heterocycles. The van der Waals surface area contributed by atoms with Crippen LogP contribution in [0.1, 0.15) is 50.7 Å². The molecule has 0 aliphatic rings. The molecule has 2 nitrogen and oxygen atoms in total. The van der Waals surface area contributed by atoms with Crippen LogP contribution in [0.25, 0.3) is 0 Å². The summed E-state index contributed by atoms with van der Waals surface area (Å²) in [5.41, 5.74) is 1.79. The first-order valence-corrected chi connectivity index (χ1v) is 8.99. The van der Waals surface area contributed by atoms with Crippen LogP contribution < -0.4 is 0 Å². The lowest BCUT2D eigenvalue weighted by atomic mass is 9.72. The molecule has 0 unspecified atom stereocenters. The van der Waals surface area contributed by atoms with Gasteiger partial charge in [-0.3, -0.25) is 4.79 Å². The van der Waals surface area contributed by atoms with E-state index < -0.39 is 5.41 Å². The minimum atomic E-state index is -0.552. The maximum Gasteiger partial charge on any atom is 0.316 e. The van der Waals surface area contributed by atoms with Gasteiger partial charge in [-0.15, -0.1) is 0 Å². The van der Waals surface area contributed by atoms with E-state index >= 15 is 0 Å². The summed E-state index contributed by atoms with van der Waals surface area (Å²) in [5.74, 6) is -0.0828. The van der Waals surface area contributed by atoms with Gasteiger partial charge in [0.15, 0.2) is 0 Å². The Morgan fingerprint density at radius 3 is 2.12 bits per heavy atom. The number of aryl methyl sites for hydroxylation is 1. The van der Waals surface area contributed by atoms with Gasteiger partial charge in [0.2, 0.25) is 0 Å². The van der Waals surface area contributed by atoms with Crippen molar-refractivity contribution in [2.45, 2.75) is 51.4 Å². The summed E-state index contributed by atoms with van der Waals surface area (Å²) < 4.78 is 5.51. The second-order valence-corrected chi connectivity index (χ2v) is 6.26. The first kappa shape index (κ1) is 18.3. The van der Waals surface area contributed by atoms with Crippen molar-refractivity contribution in [3.05, 3.63) is 71.8 Å². The lowest BCUT2D eigenvalue weighted by Crippen LogP contribution is -2.38. The van der Waals surface area contributed by atoms with Gasteiger partial charge in [0.1, 0.15) is 0 Å². The summed E-state index contributed by atoms with van der Waals surface area (Å²) in [4.78, 5) is 13.0. The molecule has 0 spiro atoms. The molecule has 2 rings (SSSR count). The Hall–Kier alpha value is -2.09. The molecule has 2 heteroatoms. The number of hydrogen-bond acceptors (Lipinski definition) is 2. The summed E-state index contributed by atoms with van der Waals surface area (Å²) >= 11 is 0. The van der Waals surface area contributed by atoms with Gasteiger partial charge in [-0.05, 0) is 37.3 Å². The SMILES string of the molecule is CCCC[C@](CCc1ccccc1)(C(=O)OCC)c1ccccc1. The van der Waals surface area contributed by atoms with Crippen LogP contribution in [0.5, 0.6) is 0 Å². The first-order chi connectivity index (χ1) is 11.7. The molecule has 0 aliphatic carbocycles. The van der Waals surface area contributed by atoms with E-state index in [2.05, 4.69) is 43.3 Å². The van der Waals surface area contributed by atoms with E-state index in [4.69, 9.17) is 4.74 Å². The molecule has 0 fully saturated rings. The van der Waals surface area contributed by atoms with E-state index in [9.17, 15) is 4.79 Å². The number of carbonyl (C=O) groups excluding carboxylic acids is 1. The summed E-state index contributed by atoms with van der Waals surface area (Å²) in [6.07, 6.45) is 4.57. The summed E-state index contributed by atoms with van der Waals surface area (Å²) in [7, 11) is 0. The van der Waals surface area contributed by atoms with Gasteiger partial charge in [-0.2, -0.15) is 0 Å². The van der Waals surface area contributed by atoms with Crippen molar-refractivity contribution in [2.75, 3.05) is 6.61 Å². The monoisotopic (exact) mass is 324 g/mol. The zero-order valence-electron chi connectivity index (χ0n) is 14.8. The van der Waals surface area contributed by atoms with Crippen molar-refractivity contribution in [1.82, 2.24) is 0 Å². The maximum absolute atomic E-state index is 13.0. The van der Waals surface area contributed by atoms with Crippen LogP contribution in [0.2, 0.25) is 0 Å². The summed E-state index contributed by atoms with van der Waals surface area (Å²) in [6.45, 7) is 4.47. The zero-order chi connectivity index (χ0) is 17.3. The van der Waals surface area contributed by atoms with Crippen molar-refractivity contribution in [3.8, 4) is 0 Å². The molecule has 0 saturated heterocycles. The highest BCUT2D eigenvalue weighted by Gasteiger charge is 2.40. The third-order valence-corrected chi connectivity index (χ3v) is 4.63. The van der Waals surface area contributed by atoms with Gasteiger partial charge in [-0.25, -0.2) is 0 Å². The van der Waals surface area contributed by atoms with Crippen molar-refractivity contribution in [2.24, 2.45) is 0 Å². The van der Waals surface area contributed by atoms with Gasteiger partial charge in [0.25, 0.3) is 0 Å². The Kier molecular flexibility index (Phi) is 7.05. The Morgan fingerprint density at radius 1 is 0.917 bits per heavy atom. The van der Waals surface area contributed by atoms with E-state index in [1.54, 1.807) is 0 Å².